The first kappa shape index (κ1) is 24.8. The van der Waals surface area contributed by atoms with Crippen molar-refractivity contribution in [1.29, 1.82) is 0 Å². The largest absolute Gasteiger partial charge is 0.497 e. The van der Waals surface area contributed by atoms with Crippen molar-refractivity contribution in [3.63, 3.8) is 0 Å². The molecule has 1 atom stereocenters. The van der Waals surface area contributed by atoms with Crippen molar-refractivity contribution in [2.45, 2.75) is 26.3 Å². The molecular formula is C28H28N2O6. The van der Waals surface area contributed by atoms with Gasteiger partial charge in [0.15, 0.2) is 19.0 Å². The molecule has 8 heteroatoms. The average molecular weight is 489 g/mol. The van der Waals surface area contributed by atoms with E-state index in [9.17, 15) is 14.4 Å². The second kappa shape index (κ2) is 10.9. The Hall–Kier alpha value is -4.33. The normalized spacial score (nSPS) is 13.3. The van der Waals surface area contributed by atoms with E-state index in [0.29, 0.717) is 34.2 Å². The monoisotopic (exact) mass is 488 g/mol. The van der Waals surface area contributed by atoms with Gasteiger partial charge in [0.25, 0.3) is 5.91 Å². The van der Waals surface area contributed by atoms with Crippen molar-refractivity contribution in [3.8, 4) is 17.2 Å². The van der Waals surface area contributed by atoms with Gasteiger partial charge in [-0.1, -0.05) is 19.1 Å². The highest BCUT2D eigenvalue weighted by Gasteiger charge is 2.33. The number of fused-ring (bicyclic) bond motifs is 1. The van der Waals surface area contributed by atoms with Crippen molar-refractivity contribution in [3.05, 3.63) is 77.9 Å². The second-order valence-corrected chi connectivity index (χ2v) is 8.34. The summed E-state index contributed by atoms with van der Waals surface area (Å²) in [5, 5.41) is 2.81. The summed E-state index contributed by atoms with van der Waals surface area (Å²) in [6.45, 7) is 3.32. The number of aryl methyl sites for hydroxylation is 1. The SMILES string of the molecule is CCc1cccc(OCC(=O)c2ccc3c(c2)N(C(C)C(=O)Nc2ccc(OC)cc2)C(=O)CO3)c1. The molecule has 3 aromatic carbocycles. The number of hydrogen-bond acceptors (Lipinski definition) is 6. The lowest BCUT2D eigenvalue weighted by Crippen LogP contribution is -2.49. The third kappa shape index (κ3) is 5.49. The van der Waals surface area contributed by atoms with Crippen LogP contribution in [0.5, 0.6) is 17.2 Å². The third-order valence-electron chi connectivity index (χ3n) is 5.96. The van der Waals surface area contributed by atoms with Gasteiger partial charge in [0.2, 0.25) is 5.91 Å². The van der Waals surface area contributed by atoms with Gasteiger partial charge in [-0.3, -0.25) is 19.3 Å². The van der Waals surface area contributed by atoms with Crippen LogP contribution in [0.25, 0.3) is 0 Å². The van der Waals surface area contributed by atoms with Crippen LogP contribution in [0.4, 0.5) is 11.4 Å². The lowest BCUT2D eigenvalue weighted by molar-refractivity contribution is -0.125. The van der Waals surface area contributed by atoms with E-state index in [1.165, 1.54) is 4.90 Å². The molecule has 0 bridgehead atoms. The Kier molecular flexibility index (Phi) is 7.53. The summed E-state index contributed by atoms with van der Waals surface area (Å²) in [5.41, 5.74) is 2.40. The minimum Gasteiger partial charge on any atom is -0.497 e. The zero-order valence-electron chi connectivity index (χ0n) is 20.4. The lowest BCUT2D eigenvalue weighted by atomic mass is 10.1. The van der Waals surface area contributed by atoms with E-state index in [1.54, 1.807) is 62.6 Å². The molecule has 1 heterocycles. The highest BCUT2D eigenvalue weighted by Crippen LogP contribution is 2.35. The zero-order chi connectivity index (χ0) is 25.7. The molecule has 0 aromatic heterocycles. The topological polar surface area (TPSA) is 94.2 Å². The number of benzene rings is 3. The minimum absolute atomic E-state index is 0.158. The number of ether oxygens (including phenoxy) is 3. The molecule has 0 spiro atoms. The summed E-state index contributed by atoms with van der Waals surface area (Å²) < 4.78 is 16.4. The Morgan fingerprint density at radius 3 is 2.56 bits per heavy atom. The van der Waals surface area contributed by atoms with Gasteiger partial charge in [0.1, 0.15) is 23.3 Å². The van der Waals surface area contributed by atoms with Gasteiger partial charge in [-0.25, -0.2) is 0 Å². The maximum absolute atomic E-state index is 13.0. The number of ketones is 1. The fourth-order valence-electron chi connectivity index (χ4n) is 3.89. The number of amides is 2. The fourth-order valence-corrected chi connectivity index (χ4v) is 3.89. The smallest absolute Gasteiger partial charge is 0.265 e. The average Bonchev–Trinajstić information content (AvgIpc) is 2.91. The molecule has 1 aliphatic heterocycles. The van der Waals surface area contributed by atoms with Crippen molar-refractivity contribution in [2.24, 2.45) is 0 Å². The maximum Gasteiger partial charge on any atom is 0.265 e. The van der Waals surface area contributed by atoms with E-state index < -0.39 is 6.04 Å². The van der Waals surface area contributed by atoms with Crippen molar-refractivity contribution < 1.29 is 28.6 Å². The third-order valence-corrected chi connectivity index (χ3v) is 5.96. The molecule has 1 unspecified atom stereocenters. The molecule has 8 nitrogen and oxygen atoms in total. The molecule has 3 aromatic rings. The first-order valence-electron chi connectivity index (χ1n) is 11.7. The van der Waals surface area contributed by atoms with Crippen LogP contribution < -0.4 is 24.4 Å². The molecular weight excluding hydrogens is 460 g/mol. The van der Waals surface area contributed by atoms with Crippen LogP contribution in [0, 0.1) is 0 Å². The van der Waals surface area contributed by atoms with Gasteiger partial charge < -0.3 is 19.5 Å². The van der Waals surface area contributed by atoms with Gasteiger partial charge >= 0.3 is 0 Å². The molecule has 0 aliphatic carbocycles. The van der Waals surface area contributed by atoms with Gasteiger partial charge in [0.05, 0.1) is 12.8 Å². The fraction of sp³-hybridized carbons (Fsp3) is 0.250. The van der Waals surface area contributed by atoms with Gasteiger partial charge in [0, 0.05) is 11.3 Å². The Balaban J connectivity index is 1.50. The Labute approximate surface area is 209 Å². The molecule has 4 rings (SSSR count). The number of nitrogens with one attached hydrogen (secondary N) is 1. The van der Waals surface area contributed by atoms with E-state index in [2.05, 4.69) is 5.32 Å². The van der Waals surface area contributed by atoms with Gasteiger partial charge in [-0.15, -0.1) is 0 Å². The number of nitrogens with zero attached hydrogens (tertiary/aromatic N) is 1. The van der Waals surface area contributed by atoms with Crippen molar-refractivity contribution in [1.82, 2.24) is 0 Å². The summed E-state index contributed by atoms with van der Waals surface area (Å²) in [4.78, 5) is 40.0. The van der Waals surface area contributed by atoms with E-state index in [0.717, 1.165) is 12.0 Å². The van der Waals surface area contributed by atoms with Crippen LogP contribution >= 0.6 is 0 Å². The van der Waals surface area contributed by atoms with Gasteiger partial charge in [-0.05, 0) is 73.5 Å². The number of anilines is 2. The molecule has 0 saturated heterocycles. The predicted octanol–water partition coefficient (Wildman–Crippen LogP) is 4.27. The maximum atomic E-state index is 13.0. The number of Topliss-reactive ketones (excluding diaryl/α,β-unsaturated/α-hetero) is 1. The Morgan fingerprint density at radius 2 is 1.83 bits per heavy atom. The van der Waals surface area contributed by atoms with E-state index >= 15 is 0 Å². The molecule has 0 radical (unpaired) electrons. The van der Waals surface area contributed by atoms with Crippen LogP contribution in [-0.2, 0) is 16.0 Å². The quantitative estimate of drug-likeness (QED) is 0.452. The molecule has 186 valence electrons. The number of hydrogen-bond donors (Lipinski definition) is 1. The zero-order valence-corrected chi connectivity index (χ0v) is 20.4. The summed E-state index contributed by atoms with van der Waals surface area (Å²) in [5.74, 6) is 0.691. The van der Waals surface area contributed by atoms with Crippen LogP contribution in [0.3, 0.4) is 0 Å². The Morgan fingerprint density at radius 1 is 1.06 bits per heavy atom. The summed E-state index contributed by atoms with van der Waals surface area (Å²) in [6.07, 6.45) is 0.865. The molecule has 1 aliphatic rings. The molecule has 36 heavy (non-hydrogen) atoms. The number of methoxy groups -OCH3 is 1. The summed E-state index contributed by atoms with van der Waals surface area (Å²) >= 11 is 0. The number of carbonyl (C=O) groups is 3. The molecule has 2 amide bonds. The second-order valence-electron chi connectivity index (χ2n) is 8.34. The van der Waals surface area contributed by atoms with Crippen LogP contribution in [0.2, 0.25) is 0 Å². The lowest BCUT2D eigenvalue weighted by Gasteiger charge is -2.33. The molecule has 0 fully saturated rings. The summed E-state index contributed by atoms with van der Waals surface area (Å²) in [7, 11) is 1.56. The minimum atomic E-state index is -0.847. The van der Waals surface area contributed by atoms with Crippen LogP contribution in [0.15, 0.2) is 66.7 Å². The van der Waals surface area contributed by atoms with E-state index in [4.69, 9.17) is 14.2 Å². The first-order valence-corrected chi connectivity index (χ1v) is 11.7. The predicted molar refractivity (Wildman–Crippen MR) is 136 cm³/mol. The van der Waals surface area contributed by atoms with Crippen LogP contribution in [0.1, 0.15) is 29.8 Å². The molecule has 0 saturated carbocycles. The van der Waals surface area contributed by atoms with Crippen LogP contribution in [-0.4, -0.2) is 44.0 Å². The first-order chi connectivity index (χ1) is 17.4. The van der Waals surface area contributed by atoms with E-state index in [1.807, 2.05) is 25.1 Å². The summed E-state index contributed by atoms with van der Waals surface area (Å²) in [6, 6.07) is 18.5. The number of carbonyl (C=O) groups excluding carboxylic acids is 3. The van der Waals surface area contributed by atoms with Crippen molar-refractivity contribution >= 4 is 29.0 Å². The number of rotatable bonds is 9. The standard InChI is InChI=1S/C28H28N2O6/c1-4-19-6-5-7-23(14-19)35-16-25(31)20-8-13-26-24(15-20)30(27(32)17-36-26)18(2)28(33)29-21-9-11-22(34-3)12-10-21/h5-15,18H,4,16-17H2,1-3H3,(H,29,33). The Bertz CT molecular complexity index is 1270. The molecule has 1 N–H and O–H groups in total. The highest BCUT2D eigenvalue weighted by molar-refractivity contribution is 6.08. The van der Waals surface area contributed by atoms with E-state index in [-0.39, 0.29) is 30.8 Å². The highest BCUT2D eigenvalue weighted by atomic mass is 16.5. The van der Waals surface area contributed by atoms with Gasteiger partial charge in [-0.2, -0.15) is 0 Å². The van der Waals surface area contributed by atoms with Crippen molar-refractivity contribution in [2.75, 3.05) is 30.5 Å².